The van der Waals surface area contributed by atoms with E-state index < -0.39 is 0 Å². The molecule has 0 saturated heterocycles. The second kappa shape index (κ2) is 5.15. The molecule has 1 aromatic heterocycles. The Balaban J connectivity index is 2.33. The van der Waals surface area contributed by atoms with Gasteiger partial charge in [0.2, 0.25) is 0 Å². The van der Waals surface area contributed by atoms with Crippen LogP contribution in [-0.4, -0.2) is 9.97 Å². The van der Waals surface area contributed by atoms with Crippen LogP contribution in [0.15, 0.2) is 35.1 Å². The van der Waals surface area contributed by atoms with Crippen LogP contribution >= 0.6 is 11.6 Å². The molecule has 88 valence electrons. The van der Waals surface area contributed by atoms with Gasteiger partial charge in [0, 0.05) is 12.5 Å². The van der Waals surface area contributed by atoms with Gasteiger partial charge in [0.25, 0.3) is 5.56 Å². The van der Waals surface area contributed by atoms with Gasteiger partial charge in [-0.1, -0.05) is 24.3 Å². The zero-order valence-electron chi connectivity index (χ0n) is 9.53. The molecule has 2 aromatic rings. The molecule has 0 saturated carbocycles. The van der Waals surface area contributed by atoms with Crippen LogP contribution < -0.4 is 5.56 Å². The van der Waals surface area contributed by atoms with Crippen LogP contribution in [0.5, 0.6) is 0 Å². The van der Waals surface area contributed by atoms with E-state index in [0.29, 0.717) is 17.9 Å². The molecular weight excluding hydrogens is 236 g/mol. The second-order valence-electron chi connectivity index (χ2n) is 3.92. The van der Waals surface area contributed by atoms with Crippen LogP contribution in [0.25, 0.3) is 0 Å². The molecule has 0 fully saturated rings. The molecule has 0 atom stereocenters. The first-order valence-corrected chi connectivity index (χ1v) is 5.92. The summed E-state index contributed by atoms with van der Waals surface area (Å²) in [7, 11) is 0. The molecule has 0 radical (unpaired) electrons. The quantitative estimate of drug-likeness (QED) is 0.848. The first kappa shape index (κ1) is 11.9. The van der Waals surface area contributed by atoms with E-state index in [0.717, 1.165) is 5.56 Å². The molecule has 0 aliphatic carbocycles. The predicted octanol–water partition coefficient (Wildman–Crippen LogP) is 2.41. The molecule has 4 heteroatoms. The minimum absolute atomic E-state index is 0.153. The SMILES string of the molecule is Cc1ccccc1Cc1nc(CCl)cc(=O)[nH]1. The van der Waals surface area contributed by atoms with Crippen LogP contribution in [-0.2, 0) is 12.3 Å². The average molecular weight is 249 g/mol. The maximum atomic E-state index is 11.4. The molecule has 1 aromatic carbocycles. The van der Waals surface area contributed by atoms with Gasteiger partial charge in [0.15, 0.2) is 0 Å². The zero-order chi connectivity index (χ0) is 12.3. The lowest BCUT2D eigenvalue weighted by atomic mass is 10.1. The Hall–Kier alpha value is -1.61. The molecule has 2 rings (SSSR count). The van der Waals surface area contributed by atoms with Crippen molar-refractivity contribution < 1.29 is 0 Å². The number of hydrogen-bond acceptors (Lipinski definition) is 2. The summed E-state index contributed by atoms with van der Waals surface area (Å²) in [5.41, 5.74) is 2.80. The zero-order valence-corrected chi connectivity index (χ0v) is 10.3. The Morgan fingerprint density at radius 3 is 2.82 bits per heavy atom. The normalized spacial score (nSPS) is 10.5. The molecule has 0 aliphatic rings. The largest absolute Gasteiger partial charge is 0.310 e. The molecular formula is C13H13ClN2O. The summed E-state index contributed by atoms with van der Waals surface area (Å²) in [5.74, 6) is 0.910. The van der Waals surface area contributed by atoms with Gasteiger partial charge in [-0.15, -0.1) is 11.6 Å². The van der Waals surface area contributed by atoms with Gasteiger partial charge in [-0.25, -0.2) is 4.98 Å². The van der Waals surface area contributed by atoms with Crippen molar-refractivity contribution in [2.75, 3.05) is 0 Å². The van der Waals surface area contributed by atoms with Crippen LogP contribution in [0.3, 0.4) is 0 Å². The van der Waals surface area contributed by atoms with E-state index in [-0.39, 0.29) is 11.4 Å². The van der Waals surface area contributed by atoms with Crippen molar-refractivity contribution in [1.29, 1.82) is 0 Å². The maximum Gasteiger partial charge on any atom is 0.251 e. The number of nitrogens with one attached hydrogen (secondary N) is 1. The van der Waals surface area contributed by atoms with Crippen LogP contribution in [0, 0.1) is 6.92 Å². The third-order valence-corrected chi connectivity index (χ3v) is 2.87. The molecule has 0 amide bonds. The Kier molecular flexibility index (Phi) is 3.59. The number of nitrogens with zero attached hydrogens (tertiary/aromatic N) is 1. The second-order valence-corrected chi connectivity index (χ2v) is 4.19. The van der Waals surface area contributed by atoms with E-state index in [2.05, 4.69) is 9.97 Å². The third kappa shape index (κ3) is 2.94. The first-order chi connectivity index (χ1) is 8.19. The predicted molar refractivity (Wildman–Crippen MR) is 68.4 cm³/mol. The van der Waals surface area contributed by atoms with Crippen molar-refractivity contribution >= 4 is 11.6 Å². The van der Waals surface area contributed by atoms with E-state index in [1.54, 1.807) is 0 Å². The fourth-order valence-corrected chi connectivity index (χ4v) is 1.84. The van der Waals surface area contributed by atoms with Gasteiger partial charge in [-0.05, 0) is 18.1 Å². The number of alkyl halides is 1. The van der Waals surface area contributed by atoms with Crippen LogP contribution in [0.4, 0.5) is 0 Å². The number of aromatic amines is 1. The van der Waals surface area contributed by atoms with Crippen molar-refractivity contribution in [2.45, 2.75) is 19.2 Å². The number of hydrogen-bond donors (Lipinski definition) is 1. The van der Waals surface area contributed by atoms with Crippen molar-refractivity contribution in [3.05, 3.63) is 63.3 Å². The third-order valence-electron chi connectivity index (χ3n) is 2.60. The van der Waals surface area contributed by atoms with Crippen molar-refractivity contribution in [2.24, 2.45) is 0 Å². The van der Waals surface area contributed by atoms with Gasteiger partial charge in [0.1, 0.15) is 5.82 Å². The highest BCUT2D eigenvalue weighted by atomic mass is 35.5. The standard InChI is InChI=1S/C13H13ClN2O/c1-9-4-2-3-5-10(9)6-12-15-11(8-14)7-13(17)16-12/h2-5,7H,6,8H2,1H3,(H,15,16,17). The molecule has 3 nitrogen and oxygen atoms in total. The van der Waals surface area contributed by atoms with Gasteiger partial charge in [-0.3, -0.25) is 4.79 Å². The first-order valence-electron chi connectivity index (χ1n) is 5.38. The van der Waals surface area contributed by atoms with E-state index in [1.165, 1.54) is 11.6 Å². The molecule has 17 heavy (non-hydrogen) atoms. The molecule has 0 bridgehead atoms. The fourth-order valence-electron chi connectivity index (χ4n) is 1.70. The summed E-state index contributed by atoms with van der Waals surface area (Å²) in [5, 5.41) is 0. The Morgan fingerprint density at radius 1 is 1.35 bits per heavy atom. The summed E-state index contributed by atoms with van der Waals surface area (Å²) < 4.78 is 0. The van der Waals surface area contributed by atoms with Crippen molar-refractivity contribution in [3.63, 3.8) is 0 Å². The van der Waals surface area contributed by atoms with Crippen molar-refractivity contribution in [3.8, 4) is 0 Å². The number of benzene rings is 1. The minimum atomic E-state index is -0.153. The lowest BCUT2D eigenvalue weighted by molar-refractivity contribution is 0.911. The van der Waals surface area contributed by atoms with Crippen molar-refractivity contribution in [1.82, 2.24) is 9.97 Å². The van der Waals surface area contributed by atoms with E-state index in [1.807, 2.05) is 31.2 Å². The smallest absolute Gasteiger partial charge is 0.251 e. The topological polar surface area (TPSA) is 45.8 Å². The average Bonchev–Trinajstić information content (AvgIpc) is 2.31. The Bertz CT molecular complexity index is 578. The molecule has 0 unspecified atom stereocenters. The minimum Gasteiger partial charge on any atom is -0.310 e. The van der Waals surface area contributed by atoms with Gasteiger partial charge in [-0.2, -0.15) is 0 Å². The molecule has 1 heterocycles. The van der Waals surface area contributed by atoms with Crippen LogP contribution in [0.2, 0.25) is 0 Å². The monoisotopic (exact) mass is 248 g/mol. The fraction of sp³-hybridized carbons (Fsp3) is 0.231. The van der Waals surface area contributed by atoms with E-state index >= 15 is 0 Å². The van der Waals surface area contributed by atoms with Gasteiger partial charge >= 0.3 is 0 Å². The number of H-pyrrole nitrogens is 1. The number of aryl methyl sites for hydroxylation is 1. The number of halogens is 1. The highest BCUT2D eigenvalue weighted by molar-refractivity contribution is 6.16. The van der Waals surface area contributed by atoms with Gasteiger partial charge in [0.05, 0.1) is 11.6 Å². The number of rotatable bonds is 3. The highest BCUT2D eigenvalue weighted by Crippen LogP contribution is 2.10. The summed E-state index contributed by atoms with van der Waals surface area (Å²) >= 11 is 5.69. The summed E-state index contributed by atoms with van der Waals surface area (Å²) in [6.45, 7) is 2.04. The number of aromatic nitrogens is 2. The molecule has 0 aliphatic heterocycles. The highest BCUT2D eigenvalue weighted by Gasteiger charge is 2.03. The lowest BCUT2D eigenvalue weighted by Crippen LogP contribution is -2.12. The summed E-state index contributed by atoms with van der Waals surface area (Å²) in [6, 6.07) is 9.46. The molecule has 1 N–H and O–H groups in total. The van der Waals surface area contributed by atoms with E-state index in [4.69, 9.17) is 11.6 Å². The van der Waals surface area contributed by atoms with Gasteiger partial charge < -0.3 is 4.98 Å². The Labute approximate surface area is 104 Å². The summed E-state index contributed by atoms with van der Waals surface area (Å²) in [4.78, 5) is 18.4. The Morgan fingerprint density at radius 2 is 2.12 bits per heavy atom. The van der Waals surface area contributed by atoms with E-state index in [9.17, 15) is 4.79 Å². The van der Waals surface area contributed by atoms with Crippen LogP contribution in [0.1, 0.15) is 22.6 Å². The summed E-state index contributed by atoms with van der Waals surface area (Å²) in [6.07, 6.45) is 0.618. The maximum absolute atomic E-state index is 11.4. The molecule has 0 spiro atoms. The lowest BCUT2D eigenvalue weighted by Gasteiger charge is -2.05.